The van der Waals surface area contributed by atoms with Gasteiger partial charge in [-0.1, -0.05) is 35.3 Å². The van der Waals surface area contributed by atoms with E-state index in [0.29, 0.717) is 5.56 Å². The van der Waals surface area contributed by atoms with Crippen molar-refractivity contribution in [3.8, 4) is 11.4 Å². The number of nitro benzene ring substituents is 1. The highest BCUT2D eigenvalue weighted by atomic mass is 35.5. The molecule has 86 valence electrons. The van der Waals surface area contributed by atoms with Gasteiger partial charge in [-0.05, 0) is 0 Å². The van der Waals surface area contributed by atoms with Crippen molar-refractivity contribution in [2.45, 2.75) is 0 Å². The molecule has 0 atom stereocenters. The zero-order valence-electron chi connectivity index (χ0n) is 8.30. The van der Waals surface area contributed by atoms with Gasteiger partial charge in [-0.15, -0.1) is 0 Å². The normalized spacial score (nSPS) is 10.2. The van der Waals surface area contributed by atoms with Crippen molar-refractivity contribution in [2.75, 3.05) is 0 Å². The van der Waals surface area contributed by atoms with Crippen LogP contribution in [-0.4, -0.2) is 14.9 Å². The van der Waals surface area contributed by atoms with Gasteiger partial charge in [-0.25, -0.2) is 9.97 Å². The Morgan fingerprint density at radius 3 is 2.35 bits per heavy atom. The molecule has 1 heterocycles. The van der Waals surface area contributed by atoms with E-state index in [2.05, 4.69) is 9.97 Å². The summed E-state index contributed by atoms with van der Waals surface area (Å²) in [5, 5.41) is 11.0. The third-order valence-electron chi connectivity index (χ3n) is 1.98. The predicted molar refractivity (Wildman–Crippen MR) is 64.1 cm³/mol. The molecule has 0 aliphatic carbocycles. The Balaban J connectivity index is 2.52. The number of nitro groups is 1. The zero-order valence-corrected chi connectivity index (χ0v) is 9.81. The fourth-order valence-electron chi connectivity index (χ4n) is 1.28. The van der Waals surface area contributed by atoms with Crippen LogP contribution in [0.15, 0.2) is 30.3 Å². The number of halogens is 2. The first kappa shape index (κ1) is 11.8. The molecule has 0 aliphatic rings. The van der Waals surface area contributed by atoms with Crippen LogP contribution in [0.2, 0.25) is 10.3 Å². The Morgan fingerprint density at radius 2 is 1.76 bits per heavy atom. The number of hydrogen-bond acceptors (Lipinski definition) is 4. The van der Waals surface area contributed by atoms with Gasteiger partial charge in [-0.3, -0.25) is 10.1 Å². The highest BCUT2D eigenvalue weighted by Crippen LogP contribution is 2.23. The van der Waals surface area contributed by atoms with E-state index in [4.69, 9.17) is 23.2 Å². The molecule has 0 spiro atoms. The fraction of sp³-hybridized carbons (Fsp3) is 0. The lowest BCUT2D eigenvalue weighted by atomic mass is 10.2. The molecule has 1 aromatic carbocycles. The molecule has 0 saturated heterocycles. The van der Waals surface area contributed by atoms with E-state index in [-0.39, 0.29) is 21.8 Å². The lowest BCUT2D eigenvalue weighted by Gasteiger charge is -2.01. The van der Waals surface area contributed by atoms with Crippen molar-refractivity contribution in [2.24, 2.45) is 0 Å². The maximum absolute atomic E-state index is 10.6. The molecule has 0 fully saturated rings. The molecule has 5 nitrogen and oxygen atoms in total. The van der Waals surface area contributed by atoms with Gasteiger partial charge in [-0.2, -0.15) is 0 Å². The summed E-state index contributed by atoms with van der Waals surface area (Å²) in [6.45, 7) is 0. The van der Waals surface area contributed by atoms with E-state index in [9.17, 15) is 10.1 Å². The van der Waals surface area contributed by atoms with Crippen LogP contribution in [0.1, 0.15) is 0 Å². The molecule has 0 radical (unpaired) electrons. The predicted octanol–water partition coefficient (Wildman–Crippen LogP) is 3.36. The molecule has 2 rings (SSSR count). The van der Waals surface area contributed by atoms with Crippen molar-refractivity contribution >= 4 is 28.9 Å². The molecular formula is C10H5Cl2N3O2. The Labute approximate surface area is 106 Å². The van der Waals surface area contributed by atoms with Crippen LogP contribution in [0, 0.1) is 10.1 Å². The Kier molecular flexibility index (Phi) is 3.21. The van der Waals surface area contributed by atoms with Crippen LogP contribution in [0.25, 0.3) is 11.4 Å². The minimum Gasteiger partial charge on any atom is -0.258 e. The van der Waals surface area contributed by atoms with E-state index in [1.165, 1.54) is 18.2 Å². The first-order valence-corrected chi connectivity index (χ1v) is 5.27. The quantitative estimate of drug-likeness (QED) is 0.476. The molecule has 17 heavy (non-hydrogen) atoms. The monoisotopic (exact) mass is 269 g/mol. The van der Waals surface area contributed by atoms with Gasteiger partial charge in [0.2, 0.25) is 0 Å². The number of non-ortho nitro benzene ring substituents is 1. The zero-order chi connectivity index (χ0) is 12.4. The van der Waals surface area contributed by atoms with Crippen molar-refractivity contribution in [3.63, 3.8) is 0 Å². The summed E-state index contributed by atoms with van der Waals surface area (Å²) in [5.41, 5.74) is 0.450. The van der Waals surface area contributed by atoms with Gasteiger partial charge in [0, 0.05) is 23.8 Å². The number of benzene rings is 1. The second-order valence-electron chi connectivity index (χ2n) is 3.14. The van der Waals surface area contributed by atoms with Gasteiger partial charge in [0.05, 0.1) is 4.92 Å². The molecule has 0 amide bonds. The minimum atomic E-state index is -0.490. The lowest BCUT2D eigenvalue weighted by molar-refractivity contribution is -0.384. The standard InChI is InChI=1S/C10H5Cl2N3O2/c11-8-5-9(12)14-10(13-8)6-2-1-3-7(4-6)15(16)17/h1-5H. The Hall–Kier alpha value is -1.72. The number of aromatic nitrogens is 2. The molecule has 0 bridgehead atoms. The average Bonchev–Trinajstić information content (AvgIpc) is 2.28. The Bertz CT molecular complexity index is 569. The molecule has 0 unspecified atom stereocenters. The van der Waals surface area contributed by atoms with Crippen LogP contribution in [0.4, 0.5) is 5.69 Å². The van der Waals surface area contributed by atoms with Crippen LogP contribution in [0.3, 0.4) is 0 Å². The SMILES string of the molecule is O=[N+]([O-])c1cccc(-c2nc(Cl)cc(Cl)n2)c1. The molecule has 0 aliphatic heterocycles. The highest BCUT2D eigenvalue weighted by molar-refractivity contribution is 6.33. The third kappa shape index (κ3) is 2.69. The second kappa shape index (κ2) is 4.65. The number of rotatable bonds is 2. The topological polar surface area (TPSA) is 68.9 Å². The van der Waals surface area contributed by atoms with E-state index < -0.39 is 4.92 Å². The third-order valence-corrected chi connectivity index (χ3v) is 2.37. The van der Waals surface area contributed by atoms with Crippen LogP contribution < -0.4 is 0 Å². The van der Waals surface area contributed by atoms with E-state index in [1.54, 1.807) is 12.1 Å². The molecule has 1 aromatic heterocycles. The van der Waals surface area contributed by atoms with E-state index in [1.807, 2.05) is 0 Å². The summed E-state index contributed by atoms with van der Waals surface area (Å²) in [5.74, 6) is 0.256. The van der Waals surface area contributed by atoms with Crippen molar-refractivity contribution in [3.05, 3.63) is 50.8 Å². The first-order valence-electron chi connectivity index (χ1n) is 4.51. The molecule has 0 N–H and O–H groups in total. The van der Waals surface area contributed by atoms with Gasteiger partial charge in [0.15, 0.2) is 5.82 Å². The van der Waals surface area contributed by atoms with Gasteiger partial charge in [0.25, 0.3) is 5.69 Å². The summed E-state index contributed by atoms with van der Waals surface area (Å²) < 4.78 is 0. The van der Waals surface area contributed by atoms with Gasteiger partial charge >= 0.3 is 0 Å². The minimum absolute atomic E-state index is 0.0396. The van der Waals surface area contributed by atoms with Crippen molar-refractivity contribution in [1.82, 2.24) is 9.97 Å². The molecule has 7 heteroatoms. The summed E-state index contributed by atoms with van der Waals surface area (Å²) in [6.07, 6.45) is 0. The average molecular weight is 270 g/mol. The number of nitrogens with zero attached hydrogens (tertiary/aromatic N) is 3. The molecule has 0 saturated carbocycles. The van der Waals surface area contributed by atoms with Gasteiger partial charge in [0.1, 0.15) is 10.3 Å². The maximum atomic E-state index is 10.6. The second-order valence-corrected chi connectivity index (χ2v) is 3.92. The summed E-state index contributed by atoms with van der Waals surface area (Å²) in [4.78, 5) is 18.0. The summed E-state index contributed by atoms with van der Waals surface area (Å²) in [7, 11) is 0. The maximum Gasteiger partial charge on any atom is 0.270 e. The fourth-order valence-corrected chi connectivity index (χ4v) is 1.70. The number of hydrogen-bond donors (Lipinski definition) is 0. The first-order chi connectivity index (χ1) is 8.06. The summed E-state index contributed by atoms with van der Waals surface area (Å²) in [6, 6.07) is 7.34. The van der Waals surface area contributed by atoms with E-state index >= 15 is 0 Å². The molecule has 2 aromatic rings. The van der Waals surface area contributed by atoms with Crippen LogP contribution in [0.5, 0.6) is 0 Å². The lowest BCUT2D eigenvalue weighted by Crippen LogP contribution is -1.92. The summed E-state index contributed by atoms with van der Waals surface area (Å²) >= 11 is 11.5. The van der Waals surface area contributed by atoms with Crippen molar-refractivity contribution < 1.29 is 4.92 Å². The van der Waals surface area contributed by atoms with Gasteiger partial charge < -0.3 is 0 Å². The molecular weight excluding hydrogens is 265 g/mol. The van der Waals surface area contributed by atoms with E-state index in [0.717, 1.165) is 0 Å². The highest BCUT2D eigenvalue weighted by Gasteiger charge is 2.10. The largest absolute Gasteiger partial charge is 0.270 e. The van der Waals surface area contributed by atoms with Crippen LogP contribution in [-0.2, 0) is 0 Å². The van der Waals surface area contributed by atoms with Crippen molar-refractivity contribution in [1.29, 1.82) is 0 Å². The van der Waals surface area contributed by atoms with Crippen LogP contribution >= 0.6 is 23.2 Å². The smallest absolute Gasteiger partial charge is 0.258 e. The Morgan fingerprint density at radius 1 is 1.12 bits per heavy atom.